The number of H-pyrrole nitrogens is 1. The molecule has 0 spiro atoms. The standard InChI is InChI=1S/C15H20N2O2S/c18-14-5-4-11-12(16-14)2-1-3-13(11)17-15(19)10-6-8-20-9-7-10/h4-5,10,13H,1-3,6-9H2,(H,16,18)(H,17,19). The van der Waals surface area contributed by atoms with Crippen molar-refractivity contribution in [3.63, 3.8) is 0 Å². The Bertz CT molecular complexity index is 549. The lowest BCUT2D eigenvalue weighted by Gasteiger charge is -2.28. The van der Waals surface area contributed by atoms with Gasteiger partial charge in [0.2, 0.25) is 11.5 Å². The molecule has 1 atom stereocenters. The van der Waals surface area contributed by atoms with Gasteiger partial charge in [-0.2, -0.15) is 11.8 Å². The second kappa shape index (κ2) is 6.04. The Morgan fingerprint density at radius 3 is 2.85 bits per heavy atom. The molecule has 108 valence electrons. The molecule has 0 radical (unpaired) electrons. The molecule has 2 N–H and O–H groups in total. The van der Waals surface area contributed by atoms with Crippen LogP contribution in [0.3, 0.4) is 0 Å². The van der Waals surface area contributed by atoms with Crippen molar-refractivity contribution in [1.29, 1.82) is 0 Å². The lowest BCUT2D eigenvalue weighted by molar-refractivity contribution is -0.126. The molecule has 1 aromatic rings. The van der Waals surface area contributed by atoms with E-state index < -0.39 is 0 Å². The third-order valence-corrected chi connectivity index (χ3v) is 5.29. The summed E-state index contributed by atoms with van der Waals surface area (Å²) in [5.74, 6) is 2.54. The van der Waals surface area contributed by atoms with Crippen molar-refractivity contribution < 1.29 is 4.79 Å². The quantitative estimate of drug-likeness (QED) is 0.876. The number of carbonyl (C=O) groups excluding carboxylic acids is 1. The number of aromatic amines is 1. The summed E-state index contributed by atoms with van der Waals surface area (Å²) in [5, 5.41) is 3.19. The Hall–Kier alpha value is -1.23. The molecular formula is C15H20N2O2S. The number of thioether (sulfide) groups is 1. The maximum atomic E-state index is 12.4. The van der Waals surface area contributed by atoms with Crippen molar-refractivity contribution >= 4 is 17.7 Å². The minimum Gasteiger partial charge on any atom is -0.349 e. The first-order valence-corrected chi connectivity index (χ1v) is 8.50. The van der Waals surface area contributed by atoms with E-state index in [4.69, 9.17) is 0 Å². The van der Waals surface area contributed by atoms with Crippen molar-refractivity contribution in [1.82, 2.24) is 10.3 Å². The molecule has 1 aromatic heterocycles. The average molecular weight is 292 g/mol. The summed E-state index contributed by atoms with van der Waals surface area (Å²) in [7, 11) is 0. The molecule has 0 saturated carbocycles. The molecule has 1 unspecified atom stereocenters. The van der Waals surface area contributed by atoms with Gasteiger partial charge in [-0.3, -0.25) is 9.59 Å². The molecule has 2 aliphatic rings. The van der Waals surface area contributed by atoms with E-state index >= 15 is 0 Å². The van der Waals surface area contributed by atoms with E-state index in [1.54, 1.807) is 6.07 Å². The molecule has 4 nitrogen and oxygen atoms in total. The van der Waals surface area contributed by atoms with Gasteiger partial charge in [-0.1, -0.05) is 0 Å². The van der Waals surface area contributed by atoms with E-state index in [-0.39, 0.29) is 23.4 Å². The highest BCUT2D eigenvalue weighted by Crippen LogP contribution is 2.29. The second-order valence-electron chi connectivity index (χ2n) is 5.60. The summed E-state index contributed by atoms with van der Waals surface area (Å²) < 4.78 is 0. The average Bonchev–Trinajstić information content (AvgIpc) is 2.48. The maximum Gasteiger partial charge on any atom is 0.248 e. The Morgan fingerprint density at radius 1 is 1.25 bits per heavy atom. The van der Waals surface area contributed by atoms with Crippen LogP contribution in [0.25, 0.3) is 0 Å². The molecule has 1 fully saturated rings. The Morgan fingerprint density at radius 2 is 2.05 bits per heavy atom. The minimum atomic E-state index is -0.0555. The highest BCUT2D eigenvalue weighted by atomic mass is 32.2. The smallest absolute Gasteiger partial charge is 0.248 e. The summed E-state index contributed by atoms with van der Waals surface area (Å²) in [5.41, 5.74) is 2.03. The molecule has 2 heterocycles. The van der Waals surface area contributed by atoms with E-state index in [0.717, 1.165) is 54.9 Å². The van der Waals surface area contributed by atoms with Gasteiger partial charge in [0, 0.05) is 17.7 Å². The predicted molar refractivity (Wildman–Crippen MR) is 80.9 cm³/mol. The first-order valence-electron chi connectivity index (χ1n) is 7.34. The van der Waals surface area contributed by atoms with Crippen LogP contribution in [0.1, 0.15) is 43.0 Å². The van der Waals surface area contributed by atoms with E-state index in [0.29, 0.717) is 0 Å². The van der Waals surface area contributed by atoms with Crippen LogP contribution in [0.4, 0.5) is 0 Å². The van der Waals surface area contributed by atoms with Crippen molar-refractivity contribution in [3.05, 3.63) is 33.7 Å². The van der Waals surface area contributed by atoms with Crippen LogP contribution in [-0.2, 0) is 11.2 Å². The van der Waals surface area contributed by atoms with Crippen molar-refractivity contribution in [2.45, 2.75) is 38.1 Å². The first-order chi connectivity index (χ1) is 9.74. The van der Waals surface area contributed by atoms with Crippen molar-refractivity contribution in [2.24, 2.45) is 5.92 Å². The van der Waals surface area contributed by atoms with E-state index in [9.17, 15) is 9.59 Å². The summed E-state index contributed by atoms with van der Waals surface area (Å²) in [4.78, 5) is 26.6. The minimum absolute atomic E-state index is 0.0555. The monoisotopic (exact) mass is 292 g/mol. The fourth-order valence-corrected chi connectivity index (χ4v) is 4.21. The van der Waals surface area contributed by atoms with Gasteiger partial charge in [0.05, 0.1) is 6.04 Å². The molecule has 1 saturated heterocycles. The molecule has 20 heavy (non-hydrogen) atoms. The van der Waals surface area contributed by atoms with Crippen LogP contribution in [0.15, 0.2) is 16.9 Å². The summed E-state index contributed by atoms with van der Waals surface area (Å²) >= 11 is 1.93. The Labute approximate surface area is 122 Å². The zero-order valence-electron chi connectivity index (χ0n) is 11.5. The predicted octanol–water partition coefficient (Wildman–Crippen LogP) is 2.01. The summed E-state index contributed by atoms with van der Waals surface area (Å²) in [6.45, 7) is 0. The molecule has 1 aliphatic carbocycles. The Kier molecular flexibility index (Phi) is 4.15. The fraction of sp³-hybridized carbons (Fsp3) is 0.600. The summed E-state index contributed by atoms with van der Waals surface area (Å²) in [6.07, 6.45) is 4.85. The van der Waals surface area contributed by atoms with Crippen molar-refractivity contribution in [3.8, 4) is 0 Å². The number of hydrogen-bond acceptors (Lipinski definition) is 3. The number of hydrogen-bond donors (Lipinski definition) is 2. The molecule has 0 aromatic carbocycles. The van der Waals surface area contributed by atoms with Gasteiger partial charge in [-0.15, -0.1) is 0 Å². The number of rotatable bonds is 2. The first kappa shape index (κ1) is 13.7. The number of carbonyl (C=O) groups is 1. The Balaban J connectivity index is 1.72. The third kappa shape index (κ3) is 2.92. The number of amides is 1. The maximum absolute atomic E-state index is 12.4. The second-order valence-corrected chi connectivity index (χ2v) is 6.82. The molecule has 0 bridgehead atoms. The largest absolute Gasteiger partial charge is 0.349 e. The van der Waals surface area contributed by atoms with Crippen LogP contribution in [0.5, 0.6) is 0 Å². The van der Waals surface area contributed by atoms with Crippen LogP contribution < -0.4 is 10.9 Å². The third-order valence-electron chi connectivity index (χ3n) is 4.24. The van der Waals surface area contributed by atoms with Gasteiger partial charge in [0.1, 0.15) is 0 Å². The number of nitrogens with one attached hydrogen (secondary N) is 2. The topological polar surface area (TPSA) is 62.0 Å². The van der Waals surface area contributed by atoms with Crippen LogP contribution in [0, 0.1) is 5.92 Å². The van der Waals surface area contributed by atoms with E-state index in [2.05, 4.69) is 10.3 Å². The molecule has 1 aliphatic heterocycles. The molecule has 1 amide bonds. The number of pyridine rings is 1. The van der Waals surface area contributed by atoms with Gasteiger partial charge >= 0.3 is 0 Å². The normalized spacial score (nSPS) is 23.1. The number of aromatic nitrogens is 1. The molecule has 3 rings (SSSR count). The van der Waals surface area contributed by atoms with Crippen molar-refractivity contribution in [2.75, 3.05) is 11.5 Å². The van der Waals surface area contributed by atoms with E-state index in [1.165, 1.54) is 0 Å². The van der Waals surface area contributed by atoms with Crippen LogP contribution in [0.2, 0.25) is 0 Å². The van der Waals surface area contributed by atoms with E-state index in [1.807, 2.05) is 17.8 Å². The summed E-state index contributed by atoms with van der Waals surface area (Å²) in [6, 6.07) is 3.49. The highest BCUT2D eigenvalue weighted by molar-refractivity contribution is 7.99. The fourth-order valence-electron chi connectivity index (χ4n) is 3.10. The number of aryl methyl sites for hydroxylation is 1. The van der Waals surface area contributed by atoms with Crippen LogP contribution >= 0.6 is 11.8 Å². The zero-order valence-corrected chi connectivity index (χ0v) is 12.3. The van der Waals surface area contributed by atoms with Gasteiger partial charge in [-0.05, 0) is 55.2 Å². The van der Waals surface area contributed by atoms with Gasteiger partial charge < -0.3 is 10.3 Å². The number of fused-ring (bicyclic) bond motifs is 1. The van der Waals surface area contributed by atoms with Gasteiger partial charge in [0.15, 0.2) is 0 Å². The van der Waals surface area contributed by atoms with Gasteiger partial charge in [0.25, 0.3) is 0 Å². The lowest BCUT2D eigenvalue weighted by atomic mass is 9.90. The highest BCUT2D eigenvalue weighted by Gasteiger charge is 2.27. The SMILES string of the molecule is O=C(NC1CCCc2[nH]c(=O)ccc21)C1CCSCC1. The lowest BCUT2D eigenvalue weighted by Crippen LogP contribution is -2.37. The van der Waals surface area contributed by atoms with Crippen LogP contribution in [-0.4, -0.2) is 22.4 Å². The molecule has 5 heteroatoms. The molecular weight excluding hydrogens is 272 g/mol. The van der Waals surface area contributed by atoms with Gasteiger partial charge in [-0.25, -0.2) is 0 Å². The zero-order chi connectivity index (χ0) is 13.9.